The van der Waals surface area contributed by atoms with Crippen molar-refractivity contribution in [1.29, 1.82) is 0 Å². The van der Waals surface area contributed by atoms with E-state index < -0.39 is 34.4 Å². The molecule has 130 valence electrons. The van der Waals surface area contributed by atoms with E-state index >= 15 is 0 Å². The van der Waals surface area contributed by atoms with Crippen molar-refractivity contribution < 1.29 is 31.7 Å². The molecule has 2 atom stereocenters. The lowest BCUT2D eigenvalue weighted by molar-refractivity contribution is -0.136. The topological polar surface area (TPSA) is 138 Å². The maximum absolute atomic E-state index is 12.2. The van der Waals surface area contributed by atoms with Crippen LogP contribution in [0.25, 0.3) is 0 Å². The highest BCUT2D eigenvalue weighted by atomic mass is 32.3. The molecule has 0 unspecified atom stereocenters. The van der Waals surface area contributed by atoms with Gasteiger partial charge in [-0.05, 0) is 19.5 Å². The Morgan fingerprint density at radius 3 is 2.83 bits per heavy atom. The van der Waals surface area contributed by atoms with Crippen LogP contribution in [0.5, 0.6) is 0 Å². The maximum atomic E-state index is 12.2. The molecule has 0 aromatic carbocycles. The maximum Gasteiger partial charge on any atom is 0.418 e. The van der Waals surface area contributed by atoms with Crippen LogP contribution in [-0.2, 0) is 24.3 Å². The molecule has 2 bridgehead atoms. The Morgan fingerprint density at radius 1 is 1.52 bits per heavy atom. The SMILES string of the molecule is CNCCONC(=O)[C@@H]1C(C)=C[C@@H]2CN1C(=O)N2OS(=O)(=O)O. The normalized spacial score (nSPS) is 24.0. The van der Waals surface area contributed by atoms with Crippen molar-refractivity contribution in [3.8, 4) is 0 Å². The third-order valence-electron chi connectivity index (χ3n) is 3.37. The van der Waals surface area contributed by atoms with Gasteiger partial charge in [-0.2, -0.15) is 13.5 Å². The van der Waals surface area contributed by atoms with E-state index in [-0.39, 0.29) is 13.2 Å². The van der Waals surface area contributed by atoms with Gasteiger partial charge in [0, 0.05) is 6.54 Å². The minimum absolute atomic E-state index is 0.0558. The first kappa shape index (κ1) is 17.6. The van der Waals surface area contributed by atoms with Crippen LogP contribution in [-0.4, -0.2) is 73.7 Å². The van der Waals surface area contributed by atoms with E-state index in [2.05, 4.69) is 15.1 Å². The van der Waals surface area contributed by atoms with Crippen molar-refractivity contribution in [1.82, 2.24) is 20.8 Å². The summed E-state index contributed by atoms with van der Waals surface area (Å²) in [4.78, 5) is 30.5. The second kappa shape index (κ2) is 6.80. The standard InChI is InChI=1S/C11H18N4O7S/c1-7-5-8-6-14(11(17)15(8)22-23(18,19)20)9(7)10(16)13-21-4-3-12-2/h5,8-9,12H,3-4,6H2,1-2H3,(H,13,16)(H,18,19,20)/t8-,9+/m1/s1. The van der Waals surface area contributed by atoms with Gasteiger partial charge in [-0.25, -0.2) is 10.3 Å². The molecular formula is C11H18N4O7S. The van der Waals surface area contributed by atoms with Crippen LogP contribution in [0.3, 0.4) is 0 Å². The van der Waals surface area contributed by atoms with Crippen molar-refractivity contribution >= 4 is 22.3 Å². The van der Waals surface area contributed by atoms with Crippen LogP contribution in [0.1, 0.15) is 6.92 Å². The summed E-state index contributed by atoms with van der Waals surface area (Å²) >= 11 is 0. The summed E-state index contributed by atoms with van der Waals surface area (Å²) in [6.07, 6.45) is 1.53. The summed E-state index contributed by atoms with van der Waals surface area (Å²) < 4.78 is 34.6. The molecule has 0 aromatic rings. The molecule has 2 aliphatic rings. The number of amides is 3. The zero-order valence-electron chi connectivity index (χ0n) is 12.6. The van der Waals surface area contributed by atoms with Gasteiger partial charge in [-0.1, -0.05) is 6.08 Å². The molecule has 1 saturated heterocycles. The highest BCUT2D eigenvalue weighted by molar-refractivity contribution is 7.80. The molecule has 1 fully saturated rings. The van der Waals surface area contributed by atoms with Crippen LogP contribution >= 0.6 is 0 Å². The number of hydrogen-bond donors (Lipinski definition) is 3. The predicted octanol–water partition coefficient (Wildman–Crippen LogP) is -1.58. The van der Waals surface area contributed by atoms with Gasteiger partial charge >= 0.3 is 16.4 Å². The van der Waals surface area contributed by atoms with Gasteiger partial charge in [0.25, 0.3) is 5.91 Å². The van der Waals surface area contributed by atoms with Gasteiger partial charge in [-0.15, -0.1) is 4.28 Å². The van der Waals surface area contributed by atoms with Gasteiger partial charge < -0.3 is 10.2 Å². The second-order valence-corrected chi connectivity index (χ2v) is 6.07. The molecule has 12 heteroatoms. The largest absolute Gasteiger partial charge is 0.418 e. The van der Waals surface area contributed by atoms with Gasteiger partial charge in [0.05, 0.1) is 19.2 Å². The van der Waals surface area contributed by atoms with E-state index in [1.807, 2.05) is 0 Å². The van der Waals surface area contributed by atoms with Gasteiger partial charge in [0.1, 0.15) is 6.04 Å². The fourth-order valence-corrected chi connectivity index (χ4v) is 2.84. The minimum atomic E-state index is -4.84. The zero-order valence-corrected chi connectivity index (χ0v) is 13.4. The van der Waals surface area contributed by atoms with E-state index in [4.69, 9.17) is 9.39 Å². The minimum Gasteiger partial charge on any atom is -0.317 e. The number of hydrogen-bond acceptors (Lipinski definition) is 7. The number of nitrogens with one attached hydrogen (secondary N) is 2. The number of fused-ring (bicyclic) bond motifs is 2. The number of likely N-dealkylation sites (N-methyl/N-ethyl adjacent to an activating group) is 1. The monoisotopic (exact) mass is 350 g/mol. The van der Waals surface area contributed by atoms with Crippen molar-refractivity contribution in [2.75, 3.05) is 26.7 Å². The zero-order chi connectivity index (χ0) is 17.2. The van der Waals surface area contributed by atoms with Gasteiger partial charge in [-0.3, -0.25) is 14.2 Å². The van der Waals surface area contributed by atoms with Crippen LogP contribution in [0, 0.1) is 0 Å². The molecule has 0 aliphatic carbocycles. The summed E-state index contributed by atoms with van der Waals surface area (Å²) in [5, 5.41) is 3.36. The van der Waals surface area contributed by atoms with Crippen LogP contribution in [0.2, 0.25) is 0 Å². The fourth-order valence-electron chi connectivity index (χ4n) is 2.47. The molecule has 3 amide bonds. The highest BCUT2D eigenvalue weighted by Crippen LogP contribution is 2.30. The average molecular weight is 350 g/mol. The van der Waals surface area contributed by atoms with Crippen LogP contribution in [0.4, 0.5) is 4.79 Å². The Balaban J connectivity index is 2.08. The average Bonchev–Trinajstić information content (AvgIpc) is 2.67. The summed E-state index contributed by atoms with van der Waals surface area (Å²) in [6.45, 7) is 2.45. The molecule has 0 saturated carbocycles. The molecule has 2 rings (SSSR count). The van der Waals surface area contributed by atoms with Gasteiger partial charge in [0.2, 0.25) is 0 Å². The third-order valence-corrected chi connectivity index (χ3v) is 3.72. The molecule has 0 spiro atoms. The van der Waals surface area contributed by atoms with Crippen molar-refractivity contribution in [3.05, 3.63) is 11.6 Å². The van der Waals surface area contributed by atoms with E-state index in [1.54, 1.807) is 14.0 Å². The van der Waals surface area contributed by atoms with Crippen molar-refractivity contribution in [2.45, 2.75) is 19.0 Å². The first-order valence-corrected chi connectivity index (χ1v) is 8.12. The van der Waals surface area contributed by atoms with Gasteiger partial charge in [0.15, 0.2) is 0 Å². The molecule has 3 N–H and O–H groups in total. The van der Waals surface area contributed by atoms with E-state index in [0.29, 0.717) is 17.2 Å². The summed E-state index contributed by atoms with van der Waals surface area (Å²) in [6, 6.07) is -2.49. The molecule has 2 aliphatic heterocycles. The molecule has 11 nitrogen and oxygen atoms in total. The highest BCUT2D eigenvalue weighted by Gasteiger charge is 2.48. The van der Waals surface area contributed by atoms with Crippen molar-refractivity contribution in [2.24, 2.45) is 0 Å². The predicted molar refractivity (Wildman–Crippen MR) is 75.9 cm³/mol. The Hall–Kier alpha value is -1.73. The molecular weight excluding hydrogens is 332 g/mol. The summed E-state index contributed by atoms with van der Waals surface area (Å²) in [5.41, 5.74) is 2.78. The number of carbonyl (C=O) groups is 2. The lowest BCUT2D eigenvalue weighted by Crippen LogP contribution is -2.50. The number of nitrogens with zero attached hydrogens (tertiary/aromatic N) is 2. The summed E-state index contributed by atoms with van der Waals surface area (Å²) in [7, 11) is -3.11. The lowest BCUT2D eigenvalue weighted by Gasteiger charge is -2.28. The van der Waals surface area contributed by atoms with Crippen LogP contribution in [0.15, 0.2) is 11.6 Å². The smallest absolute Gasteiger partial charge is 0.317 e. The van der Waals surface area contributed by atoms with E-state index in [9.17, 15) is 18.0 Å². The van der Waals surface area contributed by atoms with E-state index in [1.165, 1.54) is 6.08 Å². The lowest BCUT2D eigenvalue weighted by atomic mass is 10.0. The number of hydroxylamine groups is 3. The molecule has 0 radical (unpaired) electrons. The molecule has 0 aromatic heterocycles. The quantitative estimate of drug-likeness (QED) is 0.217. The Labute approximate surface area is 133 Å². The molecule has 2 heterocycles. The first-order valence-electron chi connectivity index (χ1n) is 6.76. The van der Waals surface area contributed by atoms with Crippen molar-refractivity contribution in [3.63, 3.8) is 0 Å². The number of urea groups is 1. The third kappa shape index (κ3) is 3.97. The summed E-state index contributed by atoms with van der Waals surface area (Å²) in [5.74, 6) is -0.560. The molecule has 23 heavy (non-hydrogen) atoms. The first-order chi connectivity index (χ1) is 10.7. The Bertz CT molecular complexity index is 620. The fraction of sp³-hybridized carbons (Fsp3) is 0.636. The number of rotatable bonds is 7. The Morgan fingerprint density at radius 2 is 2.22 bits per heavy atom. The Kier molecular flexibility index (Phi) is 5.21. The number of carbonyl (C=O) groups excluding carboxylic acids is 2. The van der Waals surface area contributed by atoms with Crippen LogP contribution < -0.4 is 10.8 Å². The second-order valence-electron chi connectivity index (χ2n) is 5.06. The van der Waals surface area contributed by atoms with E-state index in [0.717, 1.165) is 4.90 Å².